The van der Waals surface area contributed by atoms with Crippen LogP contribution in [-0.2, 0) is 9.53 Å². The van der Waals surface area contributed by atoms with Gasteiger partial charge >= 0.3 is 5.97 Å². The quantitative estimate of drug-likeness (QED) is 0.753. The SMILES string of the molecule is COC(=O)[C@H](N)c1ccc(C)cc1O.Cl. The third-order valence-electron chi connectivity index (χ3n) is 1.98. The van der Waals surface area contributed by atoms with E-state index in [0.717, 1.165) is 5.56 Å². The van der Waals surface area contributed by atoms with Gasteiger partial charge in [0.1, 0.15) is 11.8 Å². The first-order valence-corrected chi connectivity index (χ1v) is 4.19. The molecule has 0 heterocycles. The number of halogens is 1. The highest BCUT2D eigenvalue weighted by atomic mass is 35.5. The molecule has 5 heteroatoms. The highest BCUT2D eigenvalue weighted by Crippen LogP contribution is 2.24. The highest BCUT2D eigenvalue weighted by Gasteiger charge is 2.19. The van der Waals surface area contributed by atoms with E-state index >= 15 is 0 Å². The molecule has 0 radical (unpaired) electrons. The molecule has 0 bridgehead atoms. The normalized spacial score (nSPS) is 11.4. The van der Waals surface area contributed by atoms with E-state index in [0.29, 0.717) is 5.56 Å². The molecule has 1 atom stereocenters. The Morgan fingerprint density at radius 3 is 2.60 bits per heavy atom. The molecule has 0 spiro atoms. The van der Waals surface area contributed by atoms with Crippen molar-refractivity contribution in [2.45, 2.75) is 13.0 Å². The molecule has 84 valence electrons. The van der Waals surface area contributed by atoms with Crippen LogP contribution in [-0.4, -0.2) is 18.2 Å². The third kappa shape index (κ3) is 3.11. The molecule has 3 N–H and O–H groups in total. The van der Waals surface area contributed by atoms with E-state index in [2.05, 4.69) is 4.74 Å². The van der Waals surface area contributed by atoms with Crippen molar-refractivity contribution in [1.29, 1.82) is 0 Å². The summed E-state index contributed by atoms with van der Waals surface area (Å²) in [4.78, 5) is 11.1. The number of benzene rings is 1. The van der Waals surface area contributed by atoms with Crippen LogP contribution >= 0.6 is 12.4 Å². The topological polar surface area (TPSA) is 72.5 Å². The van der Waals surface area contributed by atoms with E-state index in [1.54, 1.807) is 18.2 Å². The molecule has 1 aromatic rings. The molecule has 1 aromatic carbocycles. The van der Waals surface area contributed by atoms with E-state index in [1.165, 1.54) is 7.11 Å². The Morgan fingerprint density at radius 1 is 1.53 bits per heavy atom. The number of hydrogen-bond donors (Lipinski definition) is 2. The van der Waals surface area contributed by atoms with Gasteiger partial charge in [0, 0.05) is 5.56 Å². The number of carbonyl (C=O) groups is 1. The van der Waals surface area contributed by atoms with Crippen molar-refractivity contribution in [3.05, 3.63) is 29.3 Å². The number of hydrogen-bond acceptors (Lipinski definition) is 4. The summed E-state index contributed by atoms with van der Waals surface area (Å²) in [5.74, 6) is -0.549. The molecular weight excluding hydrogens is 218 g/mol. The Labute approximate surface area is 94.5 Å². The molecule has 0 aliphatic heterocycles. The van der Waals surface area contributed by atoms with Gasteiger partial charge in [-0.15, -0.1) is 12.4 Å². The Hall–Kier alpha value is -1.26. The predicted molar refractivity (Wildman–Crippen MR) is 59.0 cm³/mol. The minimum absolute atomic E-state index is 0. The van der Waals surface area contributed by atoms with Crippen LogP contribution in [0.25, 0.3) is 0 Å². The first kappa shape index (κ1) is 13.7. The maximum absolute atomic E-state index is 11.1. The van der Waals surface area contributed by atoms with Crippen molar-refractivity contribution in [3.8, 4) is 5.75 Å². The van der Waals surface area contributed by atoms with Crippen molar-refractivity contribution in [1.82, 2.24) is 0 Å². The maximum Gasteiger partial charge on any atom is 0.327 e. The molecule has 0 saturated carbocycles. The molecular formula is C10H14ClNO3. The third-order valence-corrected chi connectivity index (χ3v) is 1.98. The molecule has 0 fully saturated rings. The molecule has 0 amide bonds. The molecule has 0 aliphatic carbocycles. The van der Waals surface area contributed by atoms with E-state index in [1.807, 2.05) is 6.92 Å². The standard InChI is InChI=1S/C10H13NO3.ClH/c1-6-3-4-7(8(12)5-6)9(11)10(13)14-2;/h3-5,9,12H,11H2,1-2H3;1H/t9-;/m1./s1. The lowest BCUT2D eigenvalue weighted by molar-refractivity contribution is -0.142. The fourth-order valence-electron chi connectivity index (χ4n) is 1.17. The van der Waals surface area contributed by atoms with Crippen LogP contribution in [0.1, 0.15) is 17.2 Å². The number of methoxy groups -OCH3 is 1. The van der Waals surface area contributed by atoms with Crippen LogP contribution in [0, 0.1) is 6.92 Å². The summed E-state index contributed by atoms with van der Waals surface area (Å²) in [6.45, 7) is 1.84. The van der Waals surface area contributed by atoms with Crippen LogP contribution < -0.4 is 5.73 Å². The van der Waals surface area contributed by atoms with Crippen LogP contribution in [0.3, 0.4) is 0 Å². The zero-order valence-corrected chi connectivity index (χ0v) is 9.38. The van der Waals surface area contributed by atoms with Crippen LogP contribution in [0.5, 0.6) is 5.75 Å². The monoisotopic (exact) mass is 231 g/mol. The van der Waals surface area contributed by atoms with E-state index < -0.39 is 12.0 Å². The summed E-state index contributed by atoms with van der Waals surface area (Å²) in [5.41, 5.74) is 6.85. The lowest BCUT2D eigenvalue weighted by Crippen LogP contribution is -2.22. The van der Waals surface area contributed by atoms with Crippen molar-refractivity contribution in [2.24, 2.45) is 5.73 Å². The number of rotatable bonds is 2. The maximum atomic E-state index is 11.1. The van der Waals surface area contributed by atoms with Crippen LogP contribution in [0.4, 0.5) is 0 Å². The number of phenolic OH excluding ortho intramolecular Hbond substituents is 1. The number of ether oxygens (including phenoxy) is 1. The lowest BCUT2D eigenvalue weighted by atomic mass is 10.0. The second-order valence-electron chi connectivity index (χ2n) is 3.06. The molecule has 0 saturated heterocycles. The minimum atomic E-state index is -0.930. The van der Waals surface area contributed by atoms with E-state index in [9.17, 15) is 9.90 Å². The second-order valence-corrected chi connectivity index (χ2v) is 3.06. The van der Waals surface area contributed by atoms with Gasteiger partial charge < -0.3 is 15.6 Å². The second kappa shape index (κ2) is 5.58. The average Bonchev–Trinajstić information content (AvgIpc) is 2.15. The predicted octanol–water partition coefficient (Wildman–Crippen LogP) is 1.30. The lowest BCUT2D eigenvalue weighted by Gasteiger charge is -2.11. The summed E-state index contributed by atoms with van der Waals surface area (Å²) >= 11 is 0. The molecule has 0 unspecified atom stereocenters. The summed E-state index contributed by atoms with van der Waals surface area (Å²) in [7, 11) is 1.26. The van der Waals surface area contributed by atoms with Crippen molar-refractivity contribution in [2.75, 3.05) is 7.11 Å². The van der Waals surface area contributed by atoms with Gasteiger partial charge in [-0.3, -0.25) is 4.79 Å². The van der Waals surface area contributed by atoms with Crippen LogP contribution in [0.2, 0.25) is 0 Å². The Morgan fingerprint density at radius 2 is 2.13 bits per heavy atom. The van der Waals surface area contributed by atoms with Gasteiger partial charge in [-0.1, -0.05) is 12.1 Å². The zero-order chi connectivity index (χ0) is 10.7. The van der Waals surface area contributed by atoms with E-state index in [-0.39, 0.29) is 18.2 Å². The summed E-state index contributed by atoms with van der Waals surface area (Å²) in [5, 5.41) is 9.52. The molecule has 4 nitrogen and oxygen atoms in total. The molecule has 0 aliphatic rings. The highest BCUT2D eigenvalue weighted by molar-refractivity contribution is 5.85. The van der Waals surface area contributed by atoms with Gasteiger partial charge in [-0.2, -0.15) is 0 Å². The summed E-state index contributed by atoms with van der Waals surface area (Å²) < 4.78 is 4.48. The van der Waals surface area contributed by atoms with Gasteiger partial charge in [-0.05, 0) is 18.6 Å². The fourth-order valence-corrected chi connectivity index (χ4v) is 1.17. The minimum Gasteiger partial charge on any atom is -0.508 e. The number of esters is 1. The number of aryl methyl sites for hydroxylation is 1. The zero-order valence-electron chi connectivity index (χ0n) is 8.56. The van der Waals surface area contributed by atoms with Gasteiger partial charge in [0.25, 0.3) is 0 Å². The number of nitrogens with two attached hydrogens (primary N) is 1. The fraction of sp³-hybridized carbons (Fsp3) is 0.300. The van der Waals surface area contributed by atoms with Gasteiger partial charge in [0.2, 0.25) is 0 Å². The van der Waals surface area contributed by atoms with E-state index in [4.69, 9.17) is 5.73 Å². The van der Waals surface area contributed by atoms with Crippen molar-refractivity contribution < 1.29 is 14.6 Å². The number of phenols is 1. The smallest absolute Gasteiger partial charge is 0.327 e. The average molecular weight is 232 g/mol. The van der Waals surface area contributed by atoms with Gasteiger partial charge in [-0.25, -0.2) is 0 Å². The Balaban J connectivity index is 0.00000196. The Bertz CT molecular complexity index is 355. The first-order chi connectivity index (χ1) is 6.56. The molecule has 0 aromatic heterocycles. The van der Waals surface area contributed by atoms with Gasteiger partial charge in [0.15, 0.2) is 0 Å². The summed E-state index contributed by atoms with van der Waals surface area (Å²) in [6, 6.07) is 4.02. The van der Waals surface area contributed by atoms with Crippen molar-refractivity contribution >= 4 is 18.4 Å². The largest absolute Gasteiger partial charge is 0.508 e. The summed E-state index contributed by atoms with van der Waals surface area (Å²) in [6.07, 6.45) is 0. The number of carbonyl (C=O) groups excluding carboxylic acids is 1. The Kier molecular flexibility index (Phi) is 5.11. The molecule has 1 rings (SSSR count). The molecule has 15 heavy (non-hydrogen) atoms. The van der Waals surface area contributed by atoms with Crippen LogP contribution in [0.15, 0.2) is 18.2 Å². The number of aromatic hydroxyl groups is 1. The van der Waals surface area contributed by atoms with Gasteiger partial charge in [0.05, 0.1) is 7.11 Å². The van der Waals surface area contributed by atoms with Crippen molar-refractivity contribution in [3.63, 3.8) is 0 Å². The first-order valence-electron chi connectivity index (χ1n) is 4.19.